The molecule has 3 aromatic heterocycles. The Balaban J connectivity index is 1.41. The van der Waals surface area contributed by atoms with E-state index < -0.39 is 0 Å². The molecule has 2 aliphatic rings. The minimum atomic E-state index is -0.242. The summed E-state index contributed by atoms with van der Waals surface area (Å²) in [6.45, 7) is 10.8. The number of carbonyl (C=O) groups is 1. The maximum atomic E-state index is 14.3. The van der Waals surface area contributed by atoms with Crippen molar-refractivity contribution in [3.63, 3.8) is 0 Å². The lowest BCUT2D eigenvalue weighted by Gasteiger charge is -2.35. The fourth-order valence-corrected chi connectivity index (χ4v) is 6.34. The third-order valence-electron chi connectivity index (χ3n) is 8.81. The number of aryl methyl sites for hydroxylation is 2. The predicted molar refractivity (Wildman–Crippen MR) is 171 cm³/mol. The van der Waals surface area contributed by atoms with E-state index in [0.717, 1.165) is 55.7 Å². The number of nitrogens with one attached hydrogen (secondary N) is 1. The average molecular weight is 598 g/mol. The van der Waals surface area contributed by atoms with Crippen LogP contribution in [0.4, 0.5) is 17.3 Å². The molecule has 0 spiro atoms. The second kappa shape index (κ2) is 12.2. The molecule has 0 unspecified atom stereocenters. The zero-order valence-corrected chi connectivity index (χ0v) is 26.0. The SMILES string of the molecule is COc1ncc(-c2c(C)c3cnc(Nc4ccc(N5CCN(C)CC5)c(C)c4)nc3n([C@H]3CCCN(C(C)=O)C3)c2=O)cn1. The van der Waals surface area contributed by atoms with Crippen molar-refractivity contribution in [3.05, 3.63) is 58.3 Å². The van der Waals surface area contributed by atoms with Crippen LogP contribution in [0.3, 0.4) is 0 Å². The zero-order valence-electron chi connectivity index (χ0n) is 26.0. The van der Waals surface area contributed by atoms with E-state index in [0.29, 0.717) is 35.8 Å². The van der Waals surface area contributed by atoms with E-state index in [2.05, 4.69) is 56.2 Å². The summed E-state index contributed by atoms with van der Waals surface area (Å²) in [7, 11) is 3.66. The molecule has 6 rings (SSSR count). The van der Waals surface area contributed by atoms with Crippen LogP contribution in [0.15, 0.2) is 41.6 Å². The molecular formula is C32H39N9O3. The molecule has 2 saturated heterocycles. The van der Waals surface area contributed by atoms with Gasteiger partial charge in [0.05, 0.1) is 18.7 Å². The number of pyridine rings is 1. The third kappa shape index (κ3) is 5.69. The van der Waals surface area contributed by atoms with Crippen molar-refractivity contribution in [2.75, 3.05) is 63.6 Å². The Morgan fingerprint density at radius 2 is 1.77 bits per heavy atom. The number of nitrogens with zero attached hydrogens (tertiary/aromatic N) is 8. The summed E-state index contributed by atoms with van der Waals surface area (Å²) in [5, 5.41) is 4.12. The largest absolute Gasteiger partial charge is 0.467 e. The molecule has 1 atom stereocenters. The average Bonchev–Trinajstić information content (AvgIpc) is 3.02. The molecule has 1 aromatic carbocycles. The number of aromatic nitrogens is 5. The van der Waals surface area contributed by atoms with E-state index in [1.165, 1.54) is 18.4 Å². The highest BCUT2D eigenvalue weighted by atomic mass is 16.5. The first-order valence-electron chi connectivity index (χ1n) is 15.1. The summed E-state index contributed by atoms with van der Waals surface area (Å²) in [6.07, 6.45) is 6.50. The van der Waals surface area contributed by atoms with Gasteiger partial charge in [0, 0.05) is 87.1 Å². The number of benzene rings is 1. The van der Waals surface area contributed by atoms with Crippen molar-refractivity contribution in [3.8, 4) is 17.1 Å². The molecular weight excluding hydrogens is 558 g/mol. The Kier molecular flexibility index (Phi) is 8.17. The summed E-state index contributed by atoms with van der Waals surface area (Å²) in [5.74, 6) is 0.395. The topological polar surface area (TPSA) is 122 Å². The van der Waals surface area contributed by atoms with Crippen LogP contribution < -0.4 is 20.5 Å². The van der Waals surface area contributed by atoms with Crippen LogP contribution in [0.25, 0.3) is 22.2 Å². The number of rotatable bonds is 6. The Morgan fingerprint density at radius 3 is 2.45 bits per heavy atom. The summed E-state index contributed by atoms with van der Waals surface area (Å²) in [6, 6.07) is 6.28. The Hall–Kier alpha value is -4.58. The first-order valence-corrected chi connectivity index (χ1v) is 15.1. The second-order valence-electron chi connectivity index (χ2n) is 11.7. The van der Waals surface area contributed by atoms with Gasteiger partial charge in [0.15, 0.2) is 0 Å². The molecule has 0 radical (unpaired) electrons. The minimum Gasteiger partial charge on any atom is -0.467 e. The highest BCUT2D eigenvalue weighted by molar-refractivity contribution is 5.86. The summed E-state index contributed by atoms with van der Waals surface area (Å²) in [4.78, 5) is 51.3. The van der Waals surface area contributed by atoms with E-state index in [-0.39, 0.29) is 23.5 Å². The van der Waals surface area contributed by atoms with Gasteiger partial charge in [0.2, 0.25) is 11.9 Å². The normalized spacial score (nSPS) is 17.6. The van der Waals surface area contributed by atoms with E-state index in [1.54, 1.807) is 35.0 Å². The number of likely N-dealkylation sites (N-methyl/N-ethyl adjacent to an activating group) is 1. The number of amides is 1. The standard InChI is InChI=1S/C32H39N9O3/c1-20-15-24(8-9-27(20)39-13-11-38(4)12-14-39)36-31-33-18-26-21(2)28(23-16-34-32(44-5)35-17-23)30(43)41(29(26)37-31)25-7-6-10-40(19-25)22(3)42/h8-9,15-18,25H,6-7,10-14,19H2,1-5H3,(H,33,36,37)/t25-/m0/s1. The fraction of sp³-hybridized carbons (Fsp3) is 0.438. The summed E-state index contributed by atoms with van der Waals surface area (Å²) in [5.41, 5.74) is 5.42. The van der Waals surface area contributed by atoms with Gasteiger partial charge >= 0.3 is 6.01 Å². The fourth-order valence-electron chi connectivity index (χ4n) is 6.34. The Morgan fingerprint density at radius 1 is 1.02 bits per heavy atom. The molecule has 230 valence electrons. The van der Waals surface area contributed by atoms with Gasteiger partial charge in [0.25, 0.3) is 5.56 Å². The lowest BCUT2D eigenvalue weighted by Crippen LogP contribution is -2.44. The molecule has 2 fully saturated rings. The zero-order chi connectivity index (χ0) is 31.0. The third-order valence-corrected chi connectivity index (χ3v) is 8.81. The quantitative estimate of drug-likeness (QED) is 0.353. The monoisotopic (exact) mass is 597 g/mol. The van der Waals surface area contributed by atoms with Crippen LogP contribution in [0.5, 0.6) is 6.01 Å². The van der Waals surface area contributed by atoms with Crippen molar-refractivity contribution in [2.24, 2.45) is 0 Å². The van der Waals surface area contributed by atoms with Crippen molar-refractivity contribution >= 4 is 34.3 Å². The maximum absolute atomic E-state index is 14.3. The molecule has 5 heterocycles. The van der Waals surface area contributed by atoms with Gasteiger partial charge in [-0.05, 0) is 63.1 Å². The van der Waals surface area contributed by atoms with Crippen LogP contribution in [0.1, 0.15) is 36.9 Å². The van der Waals surface area contributed by atoms with Gasteiger partial charge in [-0.2, -0.15) is 4.98 Å². The summed E-state index contributed by atoms with van der Waals surface area (Å²) >= 11 is 0. The van der Waals surface area contributed by atoms with Crippen LogP contribution in [0, 0.1) is 13.8 Å². The van der Waals surface area contributed by atoms with Crippen molar-refractivity contribution in [1.82, 2.24) is 34.3 Å². The highest BCUT2D eigenvalue weighted by Gasteiger charge is 2.28. The van der Waals surface area contributed by atoms with E-state index in [1.807, 2.05) is 13.0 Å². The number of piperazine rings is 1. The highest BCUT2D eigenvalue weighted by Crippen LogP contribution is 2.31. The van der Waals surface area contributed by atoms with Crippen LogP contribution in [0.2, 0.25) is 0 Å². The van der Waals surface area contributed by atoms with Gasteiger partial charge < -0.3 is 24.8 Å². The van der Waals surface area contributed by atoms with Crippen LogP contribution in [-0.2, 0) is 4.79 Å². The number of hydrogen-bond acceptors (Lipinski definition) is 10. The van der Waals surface area contributed by atoms with Gasteiger partial charge in [0.1, 0.15) is 5.65 Å². The van der Waals surface area contributed by atoms with E-state index >= 15 is 0 Å². The number of carbonyl (C=O) groups excluding carboxylic acids is 1. The van der Waals surface area contributed by atoms with Crippen molar-refractivity contribution < 1.29 is 9.53 Å². The van der Waals surface area contributed by atoms with E-state index in [9.17, 15) is 9.59 Å². The van der Waals surface area contributed by atoms with Crippen molar-refractivity contribution in [1.29, 1.82) is 0 Å². The number of ether oxygens (including phenoxy) is 1. The van der Waals surface area contributed by atoms with Crippen molar-refractivity contribution in [2.45, 2.75) is 39.7 Å². The predicted octanol–water partition coefficient (Wildman–Crippen LogP) is 3.55. The molecule has 0 bridgehead atoms. The Labute approximate surface area is 256 Å². The maximum Gasteiger partial charge on any atom is 0.316 e. The number of methoxy groups -OCH3 is 1. The van der Waals surface area contributed by atoms with Gasteiger partial charge in [-0.1, -0.05) is 0 Å². The molecule has 1 N–H and O–H groups in total. The molecule has 12 nitrogen and oxygen atoms in total. The molecule has 44 heavy (non-hydrogen) atoms. The number of likely N-dealkylation sites (tertiary alicyclic amines) is 1. The lowest BCUT2D eigenvalue weighted by molar-refractivity contribution is -0.130. The minimum absolute atomic E-state index is 0.00434. The van der Waals surface area contributed by atoms with Crippen LogP contribution in [-0.4, -0.2) is 93.6 Å². The number of fused-ring (bicyclic) bond motifs is 1. The lowest BCUT2D eigenvalue weighted by atomic mass is 9.99. The molecule has 0 aliphatic carbocycles. The first kappa shape index (κ1) is 29.5. The van der Waals surface area contributed by atoms with Gasteiger partial charge in [-0.15, -0.1) is 0 Å². The first-order chi connectivity index (χ1) is 21.2. The number of anilines is 3. The molecule has 2 aliphatic heterocycles. The molecule has 12 heteroatoms. The number of piperidine rings is 1. The summed E-state index contributed by atoms with van der Waals surface area (Å²) < 4.78 is 6.87. The smallest absolute Gasteiger partial charge is 0.316 e. The number of hydrogen-bond donors (Lipinski definition) is 1. The van der Waals surface area contributed by atoms with Gasteiger partial charge in [-0.3, -0.25) is 14.2 Å². The van der Waals surface area contributed by atoms with E-state index in [4.69, 9.17) is 9.72 Å². The van der Waals surface area contributed by atoms with Gasteiger partial charge in [-0.25, -0.2) is 15.0 Å². The molecule has 4 aromatic rings. The van der Waals surface area contributed by atoms with Crippen LogP contribution >= 0.6 is 0 Å². The second-order valence-corrected chi connectivity index (χ2v) is 11.7. The Bertz CT molecular complexity index is 1750. The molecule has 0 saturated carbocycles. The molecule has 1 amide bonds.